The molecule has 19 heavy (non-hydrogen) atoms. The first-order valence-electron chi connectivity index (χ1n) is 7.12. The maximum atomic E-state index is 12.5. The first-order chi connectivity index (χ1) is 9.09. The van der Waals surface area contributed by atoms with Gasteiger partial charge in [-0.05, 0) is 19.8 Å². The zero-order chi connectivity index (χ0) is 13.8. The van der Waals surface area contributed by atoms with Gasteiger partial charge < -0.3 is 16.0 Å². The van der Waals surface area contributed by atoms with Crippen LogP contribution in [0.2, 0.25) is 0 Å². The number of amides is 2. The van der Waals surface area contributed by atoms with Gasteiger partial charge in [0.15, 0.2) is 0 Å². The highest BCUT2D eigenvalue weighted by Gasteiger charge is 2.31. The molecule has 0 radical (unpaired) electrons. The molecule has 2 fully saturated rings. The lowest BCUT2D eigenvalue weighted by Gasteiger charge is -2.37. The second kappa shape index (κ2) is 6.34. The molecule has 0 bridgehead atoms. The third-order valence-corrected chi connectivity index (χ3v) is 4.19. The third-order valence-electron chi connectivity index (χ3n) is 4.19. The highest BCUT2D eigenvalue weighted by atomic mass is 16.2. The number of nitrogens with two attached hydrogens (primary N) is 1. The van der Waals surface area contributed by atoms with Gasteiger partial charge in [-0.25, -0.2) is 0 Å². The van der Waals surface area contributed by atoms with Crippen molar-refractivity contribution < 1.29 is 9.59 Å². The van der Waals surface area contributed by atoms with E-state index in [4.69, 9.17) is 5.73 Å². The molecule has 2 aliphatic heterocycles. The van der Waals surface area contributed by atoms with E-state index in [-0.39, 0.29) is 23.8 Å². The molecule has 2 amide bonds. The fourth-order valence-electron chi connectivity index (χ4n) is 2.90. The molecule has 2 atom stereocenters. The molecule has 2 aliphatic rings. The molecule has 0 saturated carbocycles. The van der Waals surface area contributed by atoms with E-state index >= 15 is 0 Å². The van der Waals surface area contributed by atoms with Gasteiger partial charge in [-0.3, -0.25) is 14.5 Å². The van der Waals surface area contributed by atoms with Crippen molar-refractivity contribution >= 4 is 11.8 Å². The van der Waals surface area contributed by atoms with Crippen LogP contribution in [0.15, 0.2) is 0 Å². The Balaban J connectivity index is 1.92. The van der Waals surface area contributed by atoms with Crippen molar-refractivity contribution in [1.82, 2.24) is 15.1 Å². The van der Waals surface area contributed by atoms with E-state index in [1.54, 1.807) is 0 Å². The maximum Gasteiger partial charge on any atom is 0.239 e. The fraction of sp³-hybridized carbons (Fsp3) is 0.846. The van der Waals surface area contributed by atoms with Crippen molar-refractivity contribution in [3.05, 3.63) is 0 Å². The van der Waals surface area contributed by atoms with Crippen LogP contribution in [0, 0.1) is 5.92 Å². The zero-order valence-corrected chi connectivity index (χ0v) is 11.6. The number of primary amides is 1. The molecule has 0 aromatic heterocycles. The summed E-state index contributed by atoms with van der Waals surface area (Å²) in [4.78, 5) is 27.7. The lowest BCUT2D eigenvalue weighted by Crippen LogP contribution is -2.55. The molecule has 3 N–H and O–H groups in total. The summed E-state index contributed by atoms with van der Waals surface area (Å²) in [5, 5.41) is 3.28. The van der Waals surface area contributed by atoms with Crippen molar-refractivity contribution in [2.24, 2.45) is 11.7 Å². The highest BCUT2D eigenvalue weighted by molar-refractivity contribution is 5.83. The molecule has 108 valence electrons. The predicted octanol–water partition coefficient (Wildman–Crippen LogP) is -0.996. The Morgan fingerprint density at radius 1 is 1.26 bits per heavy atom. The van der Waals surface area contributed by atoms with Gasteiger partial charge in [0.05, 0.1) is 12.0 Å². The molecule has 2 rings (SSSR count). The monoisotopic (exact) mass is 268 g/mol. The first kappa shape index (κ1) is 14.3. The summed E-state index contributed by atoms with van der Waals surface area (Å²) in [6.07, 6.45) is 1.68. The normalized spacial score (nSPS) is 27.0. The average Bonchev–Trinajstić information content (AvgIpc) is 2.46. The van der Waals surface area contributed by atoms with Crippen molar-refractivity contribution in [2.45, 2.75) is 25.8 Å². The standard InChI is InChI=1S/C13H24N4O2/c1-10(16-7-4-15-5-8-16)13(19)17-6-2-3-11(9-17)12(14)18/h10-11,15H,2-9H2,1H3,(H2,14,18). The van der Waals surface area contributed by atoms with E-state index in [0.29, 0.717) is 6.54 Å². The van der Waals surface area contributed by atoms with Gasteiger partial charge in [0.2, 0.25) is 11.8 Å². The summed E-state index contributed by atoms with van der Waals surface area (Å²) in [6, 6.07) is -0.103. The summed E-state index contributed by atoms with van der Waals surface area (Å²) in [6.45, 7) is 6.87. The predicted molar refractivity (Wildman–Crippen MR) is 72.4 cm³/mol. The second-order valence-electron chi connectivity index (χ2n) is 5.49. The summed E-state index contributed by atoms with van der Waals surface area (Å²) >= 11 is 0. The van der Waals surface area contributed by atoms with Crippen molar-refractivity contribution in [2.75, 3.05) is 39.3 Å². The Hall–Kier alpha value is -1.14. The molecule has 0 aromatic rings. The Kier molecular flexibility index (Phi) is 4.76. The van der Waals surface area contributed by atoms with E-state index in [0.717, 1.165) is 45.6 Å². The van der Waals surface area contributed by atoms with Gasteiger partial charge in [0.25, 0.3) is 0 Å². The van der Waals surface area contributed by atoms with Crippen LogP contribution in [0.5, 0.6) is 0 Å². The quantitative estimate of drug-likeness (QED) is 0.688. The van der Waals surface area contributed by atoms with E-state index in [1.165, 1.54) is 0 Å². The smallest absolute Gasteiger partial charge is 0.239 e. The van der Waals surface area contributed by atoms with Crippen molar-refractivity contribution in [3.63, 3.8) is 0 Å². The largest absolute Gasteiger partial charge is 0.369 e. The topological polar surface area (TPSA) is 78.7 Å². The van der Waals surface area contributed by atoms with Crippen molar-refractivity contribution in [1.29, 1.82) is 0 Å². The minimum Gasteiger partial charge on any atom is -0.369 e. The van der Waals surface area contributed by atoms with Crippen LogP contribution in [0.3, 0.4) is 0 Å². The summed E-state index contributed by atoms with van der Waals surface area (Å²) in [7, 11) is 0. The minimum absolute atomic E-state index is 0.103. The fourth-order valence-corrected chi connectivity index (χ4v) is 2.90. The number of hydrogen-bond donors (Lipinski definition) is 2. The number of likely N-dealkylation sites (tertiary alicyclic amines) is 1. The number of hydrogen-bond acceptors (Lipinski definition) is 4. The number of nitrogens with zero attached hydrogens (tertiary/aromatic N) is 2. The second-order valence-corrected chi connectivity index (χ2v) is 5.49. The van der Waals surface area contributed by atoms with Crippen molar-refractivity contribution in [3.8, 4) is 0 Å². The van der Waals surface area contributed by atoms with E-state index in [2.05, 4.69) is 10.2 Å². The summed E-state index contributed by atoms with van der Waals surface area (Å²) < 4.78 is 0. The number of rotatable bonds is 3. The van der Waals surface area contributed by atoms with Crippen LogP contribution in [-0.2, 0) is 9.59 Å². The number of carbonyl (C=O) groups is 2. The van der Waals surface area contributed by atoms with Crippen LogP contribution < -0.4 is 11.1 Å². The molecule has 6 heteroatoms. The third kappa shape index (κ3) is 3.45. The highest BCUT2D eigenvalue weighted by Crippen LogP contribution is 2.18. The van der Waals surface area contributed by atoms with Crippen LogP contribution in [0.1, 0.15) is 19.8 Å². The van der Waals surface area contributed by atoms with Gasteiger partial charge >= 0.3 is 0 Å². The van der Waals surface area contributed by atoms with Gasteiger partial charge in [0, 0.05) is 39.3 Å². The number of carbonyl (C=O) groups excluding carboxylic acids is 2. The van der Waals surface area contributed by atoms with Crippen LogP contribution >= 0.6 is 0 Å². The number of piperidine rings is 1. The van der Waals surface area contributed by atoms with Gasteiger partial charge in [0.1, 0.15) is 0 Å². The Labute approximate surface area is 114 Å². The molecule has 2 heterocycles. The van der Waals surface area contributed by atoms with Crippen LogP contribution in [0.4, 0.5) is 0 Å². The molecular formula is C13H24N4O2. The van der Waals surface area contributed by atoms with Crippen LogP contribution in [-0.4, -0.2) is 66.9 Å². The summed E-state index contributed by atoms with van der Waals surface area (Å²) in [5.41, 5.74) is 5.35. The minimum atomic E-state index is -0.285. The molecule has 6 nitrogen and oxygen atoms in total. The lowest BCUT2D eigenvalue weighted by atomic mass is 9.97. The van der Waals surface area contributed by atoms with Gasteiger partial charge in [-0.2, -0.15) is 0 Å². The van der Waals surface area contributed by atoms with E-state index in [9.17, 15) is 9.59 Å². The molecule has 0 spiro atoms. The Bertz CT molecular complexity index is 342. The summed E-state index contributed by atoms with van der Waals surface area (Å²) in [5.74, 6) is -0.326. The molecular weight excluding hydrogens is 244 g/mol. The maximum absolute atomic E-state index is 12.5. The first-order valence-corrected chi connectivity index (χ1v) is 7.12. The van der Waals surface area contributed by atoms with Gasteiger partial charge in [-0.1, -0.05) is 0 Å². The number of piperazine rings is 1. The SMILES string of the molecule is CC(C(=O)N1CCCC(C(N)=O)C1)N1CCNCC1. The Morgan fingerprint density at radius 2 is 1.95 bits per heavy atom. The van der Waals surface area contributed by atoms with E-state index < -0.39 is 0 Å². The van der Waals surface area contributed by atoms with Crippen LogP contribution in [0.25, 0.3) is 0 Å². The number of nitrogens with one attached hydrogen (secondary N) is 1. The molecule has 0 aromatic carbocycles. The van der Waals surface area contributed by atoms with Gasteiger partial charge in [-0.15, -0.1) is 0 Å². The molecule has 2 saturated heterocycles. The average molecular weight is 268 g/mol. The molecule has 2 unspecified atom stereocenters. The lowest BCUT2D eigenvalue weighted by molar-refractivity contribution is -0.139. The van der Waals surface area contributed by atoms with E-state index in [1.807, 2.05) is 11.8 Å². The zero-order valence-electron chi connectivity index (χ0n) is 11.6. The Morgan fingerprint density at radius 3 is 2.58 bits per heavy atom. The molecule has 0 aliphatic carbocycles.